The number of hydrogen-bond acceptors (Lipinski definition) is 5. The molecule has 1 amide bonds. The molecule has 1 unspecified atom stereocenters. The third-order valence-electron chi connectivity index (χ3n) is 3.14. The molecule has 2 heterocycles. The lowest BCUT2D eigenvalue weighted by Gasteiger charge is -2.13. The number of carbonyl (C=O) groups is 1. The second-order valence-corrected chi connectivity index (χ2v) is 5.44. The number of carbonyl (C=O) groups excluding carboxylic acids is 1. The first-order chi connectivity index (χ1) is 9.90. The molecule has 0 aliphatic carbocycles. The van der Waals surface area contributed by atoms with Crippen molar-refractivity contribution in [1.82, 2.24) is 15.3 Å². The van der Waals surface area contributed by atoms with Crippen LogP contribution in [-0.4, -0.2) is 33.6 Å². The summed E-state index contributed by atoms with van der Waals surface area (Å²) in [6.45, 7) is 5.70. The predicted molar refractivity (Wildman–Crippen MR) is 77.2 cm³/mol. The van der Waals surface area contributed by atoms with Crippen LogP contribution in [0.25, 0.3) is 11.1 Å². The van der Waals surface area contributed by atoms with E-state index >= 15 is 0 Å². The van der Waals surface area contributed by atoms with Crippen molar-refractivity contribution in [1.29, 1.82) is 0 Å². The number of hydrogen-bond donors (Lipinski definition) is 3. The molecular formula is C14H19N3O4. The van der Waals surface area contributed by atoms with Gasteiger partial charge < -0.3 is 19.8 Å². The maximum absolute atomic E-state index is 12.2. The van der Waals surface area contributed by atoms with Crippen molar-refractivity contribution in [2.45, 2.75) is 33.3 Å². The lowest BCUT2D eigenvalue weighted by atomic mass is 10.1. The van der Waals surface area contributed by atoms with E-state index in [1.54, 1.807) is 6.92 Å². The van der Waals surface area contributed by atoms with Gasteiger partial charge in [-0.25, -0.2) is 4.98 Å². The topological polar surface area (TPSA) is 108 Å². The number of aliphatic hydroxyl groups excluding tert-OH is 1. The van der Waals surface area contributed by atoms with Gasteiger partial charge >= 0.3 is 0 Å². The van der Waals surface area contributed by atoms with Crippen molar-refractivity contribution in [2.75, 3.05) is 6.54 Å². The average molecular weight is 293 g/mol. The molecule has 0 radical (unpaired) electrons. The molecule has 0 aromatic carbocycles. The number of fused-ring (bicyclic) bond motifs is 1. The molecule has 0 fully saturated rings. The lowest BCUT2D eigenvalue weighted by molar-refractivity contribution is 0.0900. The van der Waals surface area contributed by atoms with Gasteiger partial charge in [-0.1, -0.05) is 13.8 Å². The fourth-order valence-corrected chi connectivity index (χ4v) is 2.25. The Hall–Kier alpha value is -2.15. The van der Waals surface area contributed by atoms with Crippen LogP contribution in [0.2, 0.25) is 0 Å². The van der Waals surface area contributed by atoms with Crippen LogP contribution in [0.3, 0.4) is 0 Å². The number of aryl methyl sites for hydroxylation is 1. The highest BCUT2D eigenvalue weighted by Crippen LogP contribution is 2.20. The largest absolute Gasteiger partial charge is 0.442 e. The molecule has 0 aliphatic heterocycles. The lowest BCUT2D eigenvalue weighted by Crippen LogP contribution is -2.33. The summed E-state index contributed by atoms with van der Waals surface area (Å²) in [5.41, 5.74) is -0.134. The van der Waals surface area contributed by atoms with E-state index in [0.717, 1.165) is 0 Å². The standard InChI is InChI=1S/C14H19N3O4/c1-7(2)4-9(18)5-15-12(19)10-8(3)21-14-11(10)13(20)16-6-17-14/h6-7,9,18H,4-5H2,1-3H3,(H,15,19)(H,16,17,20). The fraction of sp³-hybridized carbons (Fsp3) is 0.500. The molecule has 114 valence electrons. The van der Waals surface area contributed by atoms with Crippen molar-refractivity contribution in [3.63, 3.8) is 0 Å². The van der Waals surface area contributed by atoms with Crippen LogP contribution in [0.15, 0.2) is 15.5 Å². The van der Waals surface area contributed by atoms with Crippen molar-refractivity contribution in [3.05, 3.63) is 28.0 Å². The number of nitrogens with one attached hydrogen (secondary N) is 2. The summed E-state index contributed by atoms with van der Waals surface area (Å²) in [6.07, 6.45) is 1.19. The number of nitrogens with zero attached hydrogens (tertiary/aromatic N) is 1. The van der Waals surface area contributed by atoms with Crippen molar-refractivity contribution in [3.8, 4) is 0 Å². The van der Waals surface area contributed by atoms with Crippen LogP contribution in [0.1, 0.15) is 36.4 Å². The molecule has 0 spiro atoms. The summed E-state index contributed by atoms with van der Waals surface area (Å²) in [5, 5.41) is 12.5. The summed E-state index contributed by atoms with van der Waals surface area (Å²) < 4.78 is 5.32. The number of aromatic amines is 1. The second-order valence-electron chi connectivity index (χ2n) is 5.44. The van der Waals surface area contributed by atoms with Crippen molar-refractivity contribution >= 4 is 17.0 Å². The second kappa shape index (κ2) is 6.09. The minimum Gasteiger partial charge on any atom is -0.442 e. The Balaban J connectivity index is 2.20. The average Bonchev–Trinajstić information content (AvgIpc) is 2.73. The van der Waals surface area contributed by atoms with Gasteiger partial charge in [0.05, 0.1) is 18.0 Å². The molecule has 7 nitrogen and oxygen atoms in total. The molecular weight excluding hydrogens is 274 g/mol. The van der Waals surface area contributed by atoms with E-state index < -0.39 is 17.6 Å². The van der Waals surface area contributed by atoms with Gasteiger partial charge in [0.2, 0.25) is 5.71 Å². The normalized spacial score (nSPS) is 12.8. The van der Waals surface area contributed by atoms with E-state index in [-0.39, 0.29) is 23.2 Å². The fourth-order valence-electron chi connectivity index (χ4n) is 2.25. The van der Waals surface area contributed by atoms with Gasteiger partial charge in [0, 0.05) is 6.54 Å². The van der Waals surface area contributed by atoms with E-state index in [0.29, 0.717) is 18.1 Å². The molecule has 2 aromatic rings. The number of amides is 1. The van der Waals surface area contributed by atoms with Gasteiger partial charge in [0.1, 0.15) is 11.1 Å². The number of H-pyrrole nitrogens is 1. The van der Waals surface area contributed by atoms with Crippen LogP contribution in [0.5, 0.6) is 0 Å². The van der Waals surface area contributed by atoms with Crippen LogP contribution < -0.4 is 10.9 Å². The molecule has 0 saturated carbocycles. The van der Waals surface area contributed by atoms with Crippen LogP contribution >= 0.6 is 0 Å². The maximum atomic E-state index is 12.2. The number of aliphatic hydroxyl groups is 1. The van der Waals surface area contributed by atoms with Gasteiger partial charge in [-0.2, -0.15) is 0 Å². The molecule has 2 rings (SSSR count). The number of furan rings is 1. The zero-order valence-electron chi connectivity index (χ0n) is 12.3. The summed E-state index contributed by atoms with van der Waals surface area (Å²) in [4.78, 5) is 30.3. The zero-order valence-corrected chi connectivity index (χ0v) is 12.3. The number of rotatable bonds is 5. The SMILES string of the molecule is Cc1oc2nc[nH]c(=O)c2c1C(=O)NCC(O)CC(C)C. The Morgan fingerprint density at radius 3 is 2.90 bits per heavy atom. The minimum atomic E-state index is -0.621. The quantitative estimate of drug-likeness (QED) is 0.761. The molecule has 2 aromatic heterocycles. The summed E-state index contributed by atoms with van der Waals surface area (Å²) >= 11 is 0. The van der Waals surface area contributed by atoms with Gasteiger partial charge in [-0.05, 0) is 19.3 Å². The third-order valence-corrected chi connectivity index (χ3v) is 3.14. The van der Waals surface area contributed by atoms with E-state index in [2.05, 4.69) is 15.3 Å². The Bertz CT molecular complexity index is 702. The first-order valence-electron chi connectivity index (χ1n) is 6.83. The molecule has 0 saturated heterocycles. The van der Waals surface area contributed by atoms with Crippen LogP contribution in [0, 0.1) is 12.8 Å². The van der Waals surface area contributed by atoms with Gasteiger partial charge in [0.15, 0.2) is 0 Å². The van der Waals surface area contributed by atoms with E-state index in [4.69, 9.17) is 4.42 Å². The van der Waals surface area contributed by atoms with Gasteiger partial charge in [-0.15, -0.1) is 0 Å². The van der Waals surface area contributed by atoms with Crippen LogP contribution in [-0.2, 0) is 0 Å². The molecule has 21 heavy (non-hydrogen) atoms. The Labute approximate surface area is 121 Å². The highest BCUT2D eigenvalue weighted by molar-refractivity contribution is 6.06. The Morgan fingerprint density at radius 2 is 2.24 bits per heavy atom. The molecule has 1 atom stereocenters. The summed E-state index contributed by atoms with van der Waals surface area (Å²) in [7, 11) is 0. The first kappa shape index (κ1) is 15.2. The van der Waals surface area contributed by atoms with Gasteiger partial charge in [-0.3, -0.25) is 9.59 Å². The zero-order chi connectivity index (χ0) is 15.6. The Kier molecular flexibility index (Phi) is 4.42. The maximum Gasteiger partial charge on any atom is 0.262 e. The third kappa shape index (κ3) is 3.30. The first-order valence-corrected chi connectivity index (χ1v) is 6.83. The molecule has 3 N–H and O–H groups in total. The highest BCUT2D eigenvalue weighted by Gasteiger charge is 2.22. The van der Waals surface area contributed by atoms with Gasteiger partial charge in [0.25, 0.3) is 11.5 Å². The monoisotopic (exact) mass is 293 g/mol. The number of aromatic nitrogens is 2. The van der Waals surface area contributed by atoms with E-state index in [1.165, 1.54) is 6.33 Å². The molecule has 7 heteroatoms. The van der Waals surface area contributed by atoms with E-state index in [9.17, 15) is 14.7 Å². The van der Waals surface area contributed by atoms with Crippen LogP contribution in [0.4, 0.5) is 0 Å². The smallest absolute Gasteiger partial charge is 0.262 e. The minimum absolute atomic E-state index is 0.126. The van der Waals surface area contributed by atoms with Crippen molar-refractivity contribution in [2.24, 2.45) is 5.92 Å². The molecule has 0 aliphatic rings. The highest BCUT2D eigenvalue weighted by atomic mass is 16.3. The van der Waals surface area contributed by atoms with Crippen molar-refractivity contribution < 1.29 is 14.3 Å². The summed E-state index contributed by atoms with van der Waals surface area (Å²) in [6, 6.07) is 0. The predicted octanol–water partition coefficient (Wildman–Crippen LogP) is 0.961. The summed E-state index contributed by atoms with van der Waals surface area (Å²) in [5.74, 6) is 0.207. The Morgan fingerprint density at radius 1 is 1.52 bits per heavy atom. The molecule has 0 bridgehead atoms. The van der Waals surface area contributed by atoms with E-state index in [1.807, 2.05) is 13.8 Å².